The monoisotopic (exact) mass is 309 g/mol. The van der Waals surface area contributed by atoms with Crippen LogP contribution in [0.1, 0.15) is 12.5 Å². The van der Waals surface area contributed by atoms with E-state index in [0.29, 0.717) is 11.3 Å². The van der Waals surface area contributed by atoms with Gasteiger partial charge in [-0.3, -0.25) is 0 Å². The smallest absolute Gasteiger partial charge is 0.132 e. The lowest BCUT2D eigenvalue weighted by molar-refractivity contribution is 0.346. The van der Waals surface area contributed by atoms with Gasteiger partial charge < -0.3 is 4.90 Å². The molecule has 3 aromatic rings. The van der Waals surface area contributed by atoms with E-state index >= 15 is 0 Å². The average molecular weight is 309 g/mol. The summed E-state index contributed by atoms with van der Waals surface area (Å²) in [6, 6.07) is 16.7. The molecule has 1 heterocycles. The van der Waals surface area contributed by atoms with Gasteiger partial charge in [-0.15, -0.1) is 0 Å². The maximum Gasteiger partial charge on any atom is 0.132 e. The van der Waals surface area contributed by atoms with E-state index in [0.717, 1.165) is 24.3 Å². The van der Waals surface area contributed by atoms with Crippen molar-refractivity contribution in [1.82, 2.24) is 14.7 Å². The van der Waals surface area contributed by atoms with Crippen LogP contribution in [-0.4, -0.2) is 28.3 Å². The topological polar surface area (TPSA) is 21.1 Å². The Morgan fingerprint density at radius 2 is 1.74 bits per heavy atom. The first-order valence-electron chi connectivity index (χ1n) is 7.76. The maximum atomic E-state index is 14.2. The van der Waals surface area contributed by atoms with E-state index in [2.05, 4.69) is 16.9 Å². The van der Waals surface area contributed by atoms with Crippen LogP contribution in [-0.2, 0) is 6.54 Å². The zero-order valence-electron chi connectivity index (χ0n) is 13.4. The zero-order chi connectivity index (χ0) is 16.2. The molecule has 0 saturated heterocycles. The van der Waals surface area contributed by atoms with Crippen molar-refractivity contribution in [2.24, 2.45) is 0 Å². The lowest BCUT2D eigenvalue weighted by Gasteiger charge is -2.13. The van der Waals surface area contributed by atoms with Gasteiger partial charge in [0.2, 0.25) is 0 Å². The van der Waals surface area contributed by atoms with Crippen molar-refractivity contribution in [3.63, 3.8) is 0 Å². The third kappa shape index (κ3) is 3.32. The molecule has 0 bridgehead atoms. The van der Waals surface area contributed by atoms with Gasteiger partial charge in [-0.05, 0) is 37.9 Å². The Kier molecular flexibility index (Phi) is 4.53. The van der Waals surface area contributed by atoms with Gasteiger partial charge in [-0.1, -0.05) is 37.3 Å². The Hall–Kier alpha value is -2.46. The molecular formula is C19H20FN3. The minimum Gasteiger partial charge on any atom is -0.302 e. The third-order valence-corrected chi connectivity index (χ3v) is 3.92. The molecule has 0 saturated carbocycles. The fourth-order valence-electron chi connectivity index (χ4n) is 2.52. The molecule has 0 atom stereocenters. The van der Waals surface area contributed by atoms with Crippen molar-refractivity contribution in [1.29, 1.82) is 0 Å². The minimum atomic E-state index is -0.244. The third-order valence-electron chi connectivity index (χ3n) is 3.92. The van der Waals surface area contributed by atoms with Crippen molar-refractivity contribution < 1.29 is 4.39 Å². The summed E-state index contributed by atoms with van der Waals surface area (Å²) in [4.78, 5) is 2.18. The van der Waals surface area contributed by atoms with Gasteiger partial charge in [-0.25, -0.2) is 9.07 Å². The predicted octanol–water partition coefficient (Wildman–Crippen LogP) is 4.13. The summed E-state index contributed by atoms with van der Waals surface area (Å²) in [5.74, 6) is -0.244. The second-order valence-corrected chi connectivity index (χ2v) is 5.59. The summed E-state index contributed by atoms with van der Waals surface area (Å²) in [6.45, 7) is 3.75. The number of nitrogens with zero attached hydrogens (tertiary/aromatic N) is 3. The van der Waals surface area contributed by atoms with E-state index in [1.807, 2.05) is 54.3 Å². The second kappa shape index (κ2) is 6.75. The van der Waals surface area contributed by atoms with E-state index < -0.39 is 0 Å². The first-order chi connectivity index (χ1) is 11.2. The number of hydrogen-bond acceptors (Lipinski definition) is 2. The van der Waals surface area contributed by atoms with Crippen LogP contribution in [0.5, 0.6) is 0 Å². The molecule has 0 aliphatic carbocycles. The molecule has 1 aromatic heterocycles. The molecule has 3 rings (SSSR count). The fourth-order valence-corrected chi connectivity index (χ4v) is 2.52. The van der Waals surface area contributed by atoms with Gasteiger partial charge >= 0.3 is 0 Å². The molecule has 2 aromatic carbocycles. The highest BCUT2D eigenvalue weighted by atomic mass is 19.1. The van der Waals surface area contributed by atoms with E-state index in [1.165, 1.54) is 6.07 Å². The largest absolute Gasteiger partial charge is 0.302 e. The van der Waals surface area contributed by atoms with Gasteiger partial charge in [-0.2, -0.15) is 5.10 Å². The zero-order valence-corrected chi connectivity index (χ0v) is 13.4. The fraction of sp³-hybridized carbons (Fsp3) is 0.211. The molecule has 0 aliphatic heterocycles. The quantitative estimate of drug-likeness (QED) is 0.706. The van der Waals surface area contributed by atoms with Crippen LogP contribution >= 0.6 is 0 Å². The van der Waals surface area contributed by atoms with Gasteiger partial charge in [0, 0.05) is 23.9 Å². The molecule has 0 fully saturated rings. The van der Waals surface area contributed by atoms with Crippen LogP contribution in [0.3, 0.4) is 0 Å². The van der Waals surface area contributed by atoms with Crippen molar-refractivity contribution >= 4 is 0 Å². The molecule has 0 unspecified atom stereocenters. The highest BCUT2D eigenvalue weighted by Gasteiger charge is 2.16. The van der Waals surface area contributed by atoms with Gasteiger partial charge in [0.15, 0.2) is 0 Å². The first-order valence-corrected chi connectivity index (χ1v) is 7.76. The molecule has 0 radical (unpaired) electrons. The number of halogens is 1. The highest BCUT2D eigenvalue weighted by Crippen LogP contribution is 2.26. The van der Waals surface area contributed by atoms with E-state index in [-0.39, 0.29) is 5.82 Å². The van der Waals surface area contributed by atoms with Crippen LogP contribution in [0.15, 0.2) is 60.8 Å². The molecule has 0 spiro atoms. The lowest BCUT2D eigenvalue weighted by Crippen LogP contribution is -2.16. The summed E-state index contributed by atoms with van der Waals surface area (Å²) >= 11 is 0. The molecule has 23 heavy (non-hydrogen) atoms. The van der Waals surface area contributed by atoms with E-state index in [4.69, 9.17) is 0 Å². The number of benzene rings is 2. The van der Waals surface area contributed by atoms with Crippen molar-refractivity contribution in [3.8, 4) is 16.9 Å². The molecule has 3 nitrogen and oxygen atoms in total. The van der Waals surface area contributed by atoms with Crippen molar-refractivity contribution in [2.75, 3.05) is 13.6 Å². The number of hydrogen-bond donors (Lipinski definition) is 0. The predicted molar refractivity (Wildman–Crippen MR) is 91.0 cm³/mol. The number of rotatable bonds is 5. The molecule has 0 amide bonds. The highest BCUT2D eigenvalue weighted by molar-refractivity contribution is 5.64. The minimum absolute atomic E-state index is 0.244. The molecule has 118 valence electrons. The van der Waals surface area contributed by atoms with E-state index in [1.54, 1.807) is 12.1 Å². The van der Waals surface area contributed by atoms with Crippen LogP contribution < -0.4 is 0 Å². The molecule has 0 N–H and O–H groups in total. The number of para-hydroxylation sites is 1. The summed E-state index contributed by atoms with van der Waals surface area (Å²) < 4.78 is 16.0. The maximum absolute atomic E-state index is 14.2. The standard InChI is InChI=1S/C19H20FN3/c1-3-22(2)13-15-14-23(16-9-5-4-6-10-16)21-19(15)17-11-7-8-12-18(17)20/h4-12,14H,3,13H2,1-2H3. The van der Waals surface area contributed by atoms with Crippen molar-refractivity contribution in [3.05, 3.63) is 72.2 Å². The van der Waals surface area contributed by atoms with Gasteiger partial charge in [0.25, 0.3) is 0 Å². The number of aromatic nitrogens is 2. The Balaban J connectivity index is 2.09. The summed E-state index contributed by atoms with van der Waals surface area (Å²) in [5, 5.41) is 4.65. The van der Waals surface area contributed by atoms with Crippen molar-refractivity contribution in [2.45, 2.75) is 13.5 Å². The Morgan fingerprint density at radius 3 is 2.43 bits per heavy atom. The van der Waals surface area contributed by atoms with Crippen LogP contribution in [0.25, 0.3) is 16.9 Å². The summed E-state index contributed by atoms with van der Waals surface area (Å²) in [6.07, 6.45) is 1.99. The molecule has 0 aliphatic rings. The van der Waals surface area contributed by atoms with Crippen LogP contribution in [0.2, 0.25) is 0 Å². The SMILES string of the molecule is CCN(C)Cc1cn(-c2ccccc2)nc1-c1ccccc1F. The van der Waals surface area contributed by atoms with Crippen LogP contribution in [0.4, 0.5) is 4.39 Å². The summed E-state index contributed by atoms with van der Waals surface area (Å²) in [7, 11) is 2.05. The molecule has 4 heteroatoms. The Labute approximate surface area is 136 Å². The molecular weight excluding hydrogens is 289 g/mol. The van der Waals surface area contributed by atoms with E-state index in [9.17, 15) is 4.39 Å². The Bertz CT molecular complexity index is 780. The first kappa shape index (κ1) is 15.4. The lowest BCUT2D eigenvalue weighted by atomic mass is 10.1. The normalized spacial score (nSPS) is 11.1. The average Bonchev–Trinajstić information content (AvgIpc) is 2.99. The van der Waals surface area contributed by atoms with Crippen LogP contribution in [0, 0.1) is 5.82 Å². The van der Waals surface area contributed by atoms with Gasteiger partial charge in [0.05, 0.1) is 5.69 Å². The second-order valence-electron chi connectivity index (χ2n) is 5.59. The summed E-state index contributed by atoms with van der Waals surface area (Å²) in [5.41, 5.74) is 3.23. The van der Waals surface area contributed by atoms with Gasteiger partial charge in [0.1, 0.15) is 11.5 Å². The Morgan fingerprint density at radius 1 is 1.04 bits per heavy atom.